The minimum Gasteiger partial charge on any atom is -0.497 e. The van der Waals surface area contributed by atoms with Crippen LogP contribution in [0, 0.1) is 0 Å². The molecule has 31 heavy (non-hydrogen) atoms. The molecule has 0 aliphatic rings. The second-order valence-electron chi connectivity index (χ2n) is 7.17. The molecule has 0 atom stereocenters. The molecule has 3 aromatic carbocycles. The van der Waals surface area contributed by atoms with E-state index >= 15 is 0 Å². The van der Waals surface area contributed by atoms with Gasteiger partial charge in [-0.1, -0.05) is 54.6 Å². The number of nitrogens with zero attached hydrogens (tertiary/aromatic N) is 3. The van der Waals surface area contributed by atoms with Crippen molar-refractivity contribution in [1.29, 1.82) is 0 Å². The Bertz CT molecular complexity index is 1160. The van der Waals surface area contributed by atoms with Crippen LogP contribution in [0.25, 0.3) is 16.9 Å². The number of para-hydroxylation sites is 1. The van der Waals surface area contributed by atoms with Gasteiger partial charge < -0.3 is 15.0 Å². The standard InChI is InChI=1S/C25H24N4O2/c1-28(25(30)26-21-12-9-15-23(16-21)31-2)17-20-18-29(22-13-7-4-8-14-22)27-24(20)19-10-5-3-6-11-19/h3-16,18H,17H2,1-2H3,(H,26,30). The van der Waals surface area contributed by atoms with Gasteiger partial charge in [0.2, 0.25) is 0 Å². The quantitative estimate of drug-likeness (QED) is 0.473. The van der Waals surface area contributed by atoms with Gasteiger partial charge in [0.25, 0.3) is 0 Å². The van der Waals surface area contributed by atoms with E-state index in [9.17, 15) is 4.79 Å². The number of ether oxygens (including phenoxy) is 1. The minimum absolute atomic E-state index is 0.209. The molecule has 1 heterocycles. The van der Waals surface area contributed by atoms with Crippen molar-refractivity contribution in [3.8, 4) is 22.7 Å². The van der Waals surface area contributed by atoms with E-state index in [2.05, 4.69) is 5.32 Å². The van der Waals surface area contributed by atoms with Crippen LogP contribution in [0.15, 0.2) is 91.1 Å². The van der Waals surface area contributed by atoms with Gasteiger partial charge in [0.15, 0.2) is 0 Å². The molecule has 6 nitrogen and oxygen atoms in total. The van der Waals surface area contributed by atoms with Crippen molar-refractivity contribution in [1.82, 2.24) is 14.7 Å². The van der Waals surface area contributed by atoms with Crippen LogP contribution >= 0.6 is 0 Å². The Morgan fingerprint density at radius 3 is 2.42 bits per heavy atom. The summed E-state index contributed by atoms with van der Waals surface area (Å²) in [5.74, 6) is 0.691. The van der Waals surface area contributed by atoms with Gasteiger partial charge in [-0.3, -0.25) is 0 Å². The fourth-order valence-electron chi connectivity index (χ4n) is 3.32. The third-order valence-corrected chi connectivity index (χ3v) is 4.93. The molecule has 2 amide bonds. The van der Waals surface area contributed by atoms with E-state index in [-0.39, 0.29) is 6.03 Å². The first-order valence-electron chi connectivity index (χ1n) is 9.99. The first-order chi connectivity index (χ1) is 15.1. The Labute approximate surface area is 181 Å². The fourth-order valence-corrected chi connectivity index (χ4v) is 3.32. The number of anilines is 1. The molecular weight excluding hydrogens is 388 g/mol. The number of hydrogen-bond donors (Lipinski definition) is 1. The summed E-state index contributed by atoms with van der Waals surface area (Å²) < 4.78 is 7.08. The highest BCUT2D eigenvalue weighted by atomic mass is 16.5. The van der Waals surface area contributed by atoms with E-state index in [1.165, 1.54) is 0 Å². The molecule has 0 unspecified atom stereocenters. The van der Waals surface area contributed by atoms with Gasteiger partial charge in [-0.25, -0.2) is 9.48 Å². The van der Waals surface area contributed by atoms with Crippen LogP contribution in [-0.2, 0) is 6.54 Å². The van der Waals surface area contributed by atoms with Crippen LogP contribution in [0.4, 0.5) is 10.5 Å². The first kappa shape index (κ1) is 20.2. The number of rotatable bonds is 6. The SMILES string of the molecule is COc1cccc(NC(=O)N(C)Cc2cn(-c3ccccc3)nc2-c2ccccc2)c1. The average molecular weight is 412 g/mol. The van der Waals surface area contributed by atoms with Crippen LogP contribution in [0.5, 0.6) is 5.75 Å². The Morgan fingerprint density at radius 2 is 1.71 bits per heavy atom. The molecule has 1 aromatic heterocycles. The summed E-state index contributed by atoms with van der Waals surface area (Å²) in [5.41, 5.74) is 4.46. The molecule has 0 saturated heterocycles. The topological polar surface area (TPSA) is 59.4 Å². The van der Waals surface area contributed by atoms with Crippen LogP contribution in [0.3, 0.4) is 0 Å². The van der Waals surface area contributed by atoms with Crippen LogP contribution in [0.1, 0.15) is 5.56 Å². The number of hydrogen-bond acceptors (Lipinski definition) is 3. The molecule has 156 valence electrons. The van der Waals surface area contributed by atoms with Gasteiger partial charge in [-0.15, -0.1) is 0 Å². The maximum Gasteiger partial charge on any atom is 0.321 e. The lowest BCUT2D eigenvalue weighted by Crippen LogP contribution is -2.30. The molecule has 0 radical (unpaired) electrons. The third kappa shape index (κ3) is 4.75. The van der Waals surface area contributed by atoms with Gasteiger partial charge >= 0.3 is 6.03 Å². The zero-order valence-electron chi connectivity index (χ0n) is 17.5. The molecule has 0 aliphatic carbocycles. The van der Waals surface area contributed by atoms with E-state index in [0.29, 0.717) is 18.0 Å². The maximum absolute atomic E-state index is 12.8. The van der Waals surface area contributed by atoms with E-state index in [1.54, 1.807) is 25.1 Å². The lowest BCUT2D eigenvalue weighted by molar-refractivity contribution is 0.221. The Kier molecular flexibility index (Phi) is 5.98. The maximum atomic E-state index is 12.8. The molecule has 1 N–H and O–H groups in total. The van der Waals surface area contributed by atoms with Crippen molar-refractivity contribution >= 4 is 11.7 Å². The monoisotopic (exact) mass is 412 g/mol. The first-order valence-corrected chi connectivity index (χ1v) is 9.99. The fraction of sp³-hybridized carbons (Fsp3) is 0.120. The van der Waals surface area contributed by atoms with Gasteiger partial charge in [-0.05, 0) is 24.3 Å². The predicted octanol–water partition coefficient (Wildman–Crippen LogP) is 5.21. The van der Waals surface area contributed by atoms with E-state index in [0.717, 1.165) is 22.5 Å². The molecule has 0 fully saturated rings. The Hall–Kier alpha value is -4.06. The Morgan fingerprint density at radius 1 is 1.00 bits per heavy atom. The van der Waals surface area contributed by atoms with Crippen molar-refractivity contribution in [2.75, 3.05) is 19.5 Å². The molecule has 4 aromatic rings. The predicted molar refractivity (Wildman–Crippen MR) is 122 cm³/mol. The molecule has 6 heteroatoms. The largest absolute Gasteiger partial charge is 0.497 e. The number of nitrogens with one attached hydrogen (secondary N) is 1. The van der Waals surface area contributed by atoms with E-state index in [1.807, 2.05) is 89.7 Å². The van der Waals surface area contributed by atoms with Crippen molar-refractivity contribution < 1.29 is 9.53 Å². The molecular formula is C25H24N4O2. The minimum atomic E-state index is -0.209. The number of carbonyl (C=O) groups excluding carboxylic acids is 1. The number of amides is 2. The zero-order valence-corrected chi connectivity index (χ0v) is 17.5. The van der Waals surface area contributed by atoms with Crippen LogP contribution in [-0.4, -0.2) is 34.9 Å². The molecule has 0 aliphatic heterocycles. The second-order valence-corrected chi connectivity index (χ2v) is 7.17. The van der Waals surface area contributed by atoms with Crippen LogP contribution in [0.2, 0.25) is 0 Å². The number of urea groups is 1. The van der Waals surface area contributed by atoms with Gasteiger partial charge in [0, 0.05) is 36.1 Å². The van der Waals surface area contributed by atoms with Gasteiger partial charge in [-0.2, -0.15) is 5.10 Å². The number of aromatic nitrogens is 2. The highest BCUT2D eigenvalue weighted by Crippen LogP contribution is 2.25. The molecule has 4 rings (SSSR count). The number of methoxy groups -OCH3 is 1. The normalized spacial score (nSPS) is 10.5. The summed E-state index contributed by atoms with van der Waals surface area (Å²) in [4.78, 5) is 14.4. The average Bonchev–Trinajstić information content (AvgIpc) is 3.24. The molecule has 0 spiro atoms. The van der Waals surface area contributed by atoms with E-state index in [4.69, 9.17) is 9.84 Å². The van der Waals surface area contributed by atoms with Crippen LogP contribution < -0.4 is 10.1 Å². The lowest BCUT2D eigenvalue weighted by Gasteiger charge is -2.18. The smallest absolute Gasteiger partial charge is 0.321 e. The highest BCUT2D eigenvalue weighted by molar-refractivity contribution is 5.89. The van der Waals surface area contributed by atoms with Crippen molar-refractivity contribution in [3.05, 3.63) is 96.7 Å². The molecule has 0 bridgehead atoms. The summed E-state index contributed by atoms with van der Waals surface area (Å²) in [6, 6.07) is 27.0. The van der Waals surface area contributed by atoms with Crippen molar-refractivity contribution in [3.63, 3.8) is 0 Å². The summed E-state index contributed by atoms with van der Waals surface area (Å²) in [5, 5.41) is 7.73. The van der Waals surface area contributed by atoms with Gasteiger partial charge in [0.1, 0.15) is 5.75 Å². The zero-order chi connectivity index (χ0) is 21.6. The van der Waals surface area contributed by atoms with Crippen molar-refractivity contribution in [2.45, 2.75) is 6.54 Å². The highest BCUT2D eigenvalue weighted by Gasteiger charge is 2.17. The summed E-state index contributed by atoms with van der Waals surface area (Å²) >= 11 is 0. The summed E-state index contributed by atoms with van der Waals surface area (Å²) in [7, 11) is 3.37. The third-order valence-electron chi connectivity index (χ3n) is 4.93. The van der Waals surface area contributed by atoms with Crippen molar-refractivity contribution in [2.24, 2.45) is 0 Å². The lowest BCUT2D eigenvalue weighted by atomic mass is 10.1. The number of carbonyl (C=O) groups is 1. The molecule has 0 saturated carbocycles. The van der Waals surface area contributed by atoms with Gasteiger partial charge in [0.05, 0.1) is 25.0 Å². The Balaban J connectivity index is 1.59. The summed E-state index contributed by atoms with van der Waals surface area (Å²) in [6.07, 6.45) is 1.98. The summed E-state index contributed by atoms with van der Waals surface area (Å²) in [6.45, 7) is 0.410. The number of benzene rings is 3. The van der Waals surface area contributed by atoms with E-state index < -0.39 is 0 Å². The second kappa shape index (κ2) is 9.17.